The SMILES string of the molecule is CC1=NC2C(=O)OC3(CCN(C4=NC(=O)C5(CC6=C(CCC=C6)C5)O4)CC3)C2C=C1. The van der Waals surface area contributed by atoms with E-state index in [1.807, 2.05) is 17.9 Å². The number of nitrogens with zero attached hydrogens (tertiary/aromatic N) is 3. The third kappa shape index (κ3) is 2.50. The van der Waals surface area contributed by atoms with Gasteiger partial charge in [-0.05, 0) is 31.4 Å². The molecule has 0 aromatic rings. The first-order valence-corrected chi connectivity index (χ1v) is 10.9. The lowest BCUT2D eigenvalue weighted by Crippen LogP contribution is -2.51. The highest BCUT2D eigenvalue weighted by molar-refractivity contribution is 6.02. The number of esters is 1. The summed E-state index contributed by atoms with van der Waals surface area (Å²) < 4.78 is 12.1. The molecule has 2 aliphatic carbocycles. The molecule has 4 aliphatic heterocycles. The van der Waals surface area contributed by atoms with E-state index in [1.165, 1.54) is 11.1 Å². The first-order valence-electron chi connectivity index (χ1n) is 10.9. The average Bonchev–Trinajstić information content (AvgIpc) is 3.35. The Bertz CT molecular complexity index is 996. The molecule has 1 amide bonds. The van der Waals surface area contributed by atoms with Gasteiger partial charge in [-0.2, -0.15) is 4.99 Å². The van der Waals surface area contributed by atoms with E-state index in [-0.39, 0.29) is 17.8 Å². The van der Waals surface area contributed by atoms with Crippen molar-refractivity contribution in [2.75, 3.05) is 13.1 Å². The molecule has 2 fully saturated rings. The van der Waals surface area contributed by atoms with Gasteiger partial charge in [-0.25, -0.2) is 4.79 Å². The van der Waals surface area contributed by atoms with Crippen LogP contribution in [0.25, 0.3) is 0 Å². The number of fused-ring (bicyclic) bond motifs is 2. The van der Waals surface area contributed by atoms with Crippen molar-refractivity contribution in [1.82, 2.24) is 4.90 Å². The molecule has 0 saturated carbocycles. The number of allylic oxidation sites excluding steroid dienone is 3. The summed E-state index contributed by atoms with van der Waals surface area (Å²) in [5, 5.41) is 0. The molecule has 30 heavy (non-hydrogen) atoms. The van der Waals surface area contributed by atoms with Crippen molar-refractivity contribution in [3.63, 3.8) is 0 Å². The Labute approximate surface area is 175 Å². The molecule has 0 radical (unpaired) electrons. The fourth-order valence-corrected chi connectivity index (χ4v) is 5.84. The molecular formula is C23H25N3O4. The zero-order valence-electron chi connectivity index (χ0n) is 17.1. The Kier molecular flexibility index (Phi) is 3.71. The first-order chi connectivity index (χ1) is 14.5. The molecule has 7 nitrogen and oxygen atoms in total. The van der Waals surface area contributed by atoms with Gasteiger partial charge in [0.2, 0.25) is 5.60 Å². The van der Waals surface area contributed by atoms with Crippen molar-refractivity contribution < 1.29 is 19.1 Å². The summed E-state index contributed by atoms with van der Waals surface area (Å²) in [6.45, 7) is 3.19. The Hall–Kier alpha value is -2.70. The van der Waals surface area contributed by atoms with Crippen LogP contribution in [0.4, 0.5) is 0 Å². The molecule has 0 N–H and O–H groups in total. The minimum atomic E-state index is -0.840. The number of hydrogen-bond acceptors (Lipinski definition) is 6. The van der Waals surface area contributed by atoms with E-state index >= 15 is 0 Å². The van der Waals surface area contributed by atoms with Crippen molar-refractivity contribution in [3.05, 3.63) is 35.5 Å². The minimum absolute atomic E-state index is 0.0206. The zero-order chi connectivity index (χ0) is 20.5. The number of carbonyl (C=O) groups is 2. The van der Waals surface area contributed by atoms with Crippen molar-refractivity contribution >= 4 is 23.6 Å². The van der Waals surface area contributed by atoms with Crippen molar-refractivity contribution in [2.24, 2.45) is 15.9 Å². The Morgan fingerprint density at radius 3 is 2.77 bits per heavy atom. The van der Waals surface area contributed by atoms with E-state index in [0.29, 0.717) is 44.8 Å². The Morgan fingerprint density at radius 1 is 1.13 bits per heavy atom. The monoisotopic (exact) mass is 407 g/mol. The van der Waals surface area contributed by atoms with E-state index in [1.54, 1.807) is 0 Å². The van der Waals surface area contributed by atoms with Crippen molar-refractivity contribution in [3.8, 4) is 0 Å². The van der Waals surface area contributed by atoms with Gasteiger partial charge in [0.15, 0.2) is 6.04 Å². The largest absolute Gasteiger partial charge is 0.457 e. The highest BCUT2D eigenvalue weighted by atomic mass is 16.6. The summed E-state index contributed by atoms with van der Waals surface area (Å²) in [5.74, 6) is -0.405. The first kappa shape index (κ1) is 18.1. The molecule has 2 spiro atoms. The van der Waals surface area contributed by atoms with Gasteiger partial charge >= 0.3 is 5.97 Å². The van der Waals surface area contributed by atoms with E-state index in [9.17, 15) is 9.59 Å². The van der Waals surface area contributed by atoms with Gasteiger partial charge in [-0.1, -0.05) is 23.8 Å². The van der Waals surface area contributed by atoms with E-state index in [4.69, 9.17) is 9.47 Å². The average molecular weight is 407 g/mol. The highest BCUT2D eigenvalue weighted by Gasteiger charge is 2.58. The summed E-state index contributed by atoms with van der Waals surface area (Å²) in [7, 11) is 0. The maximum atomic E-state index is 12.8. The summed E-state index contributed by atoms with van der Waals surface area (Å²) in [6, 6.07) is 0.0167. The van der Waals surface area contributed by atoms with Gasteiger partial charge in [0.1, 0.15) is 5.60 Å². The molecule has 3 unspecified atom stereocenters. The number of amides is 1. The third-order valence-corrected chi connectivity index (χ3v) is 7.50. The summed E-state index contributed by atoms with van der Waals surface area (Å²) in [5.41, 5.74) is 2.09. The molecular weight excluding hydrogens is 382 g/mol. The quantitative estimate of drug-likeness (QED) is 0.577. The maximum Gasteiger partial charge on any atom is 0.332 e. The van der Waals surface area contributed by atoms with Crippen LogP contribution in [0.15, 0.2) is 45.4 Å². The van der Waals surface area contributed by atoms with Gasteiger partial charge in [0.25, 0.3) is 11.9 Å². The zero-order valence-corrected chi connectivity index (χ0v) is 17.1. The van der Waals surface area contributed by atoms with Crippen LogP contribution in [0, 0.1) is 5.92 Å². The molecule has 0 bridgehead atoms. The lowest BCUT2D eigenvalue weighted by molar-refractivity contribution is -0.153. The van der Waals surface area contributed by atoms with Crippen LogP contribution in [0.5, 0.6) is 0 Å². The molecule has 4 heterocycles. The molecule has 6 rings (SSSR count). The van der Waals surface area contributed by atoms with E-state index < -0.39 is 17.2 Å². The molecule has 0 aromatic carbocycles. The normalized spacial score (nSPS) is 36.1. The highest BCUT2D eigenvalue weighted by Crippen LogP contribution is 2.47. The Morgan fingerprint density at radius 2 is 1.97 bits per heavy atom. The van der Waals surface area contributed by atoms with Gasteiger partial charge in [-0.15, -0.1) is 0 Å². The number of likely N-dealkylation sites (tertiary alicyclic amines) is 1. The smallest absolute Gasteiger partial charge is 0.332 e. The molecule has 156 valence electrons. The maximum absolute atomic E-state index is 12.8. The molecule has 7 heteroatoms. The fourth-order valence-electron chi connectivity index (χ4n) is 5.84. The molecule has 0 aromatic heterocycles. The second kappa shape index (κ2) is 6.15. The molecule has 6 aliphatic rings. The molecule has 2 saturated heterocycles. The lowest BCUT2D eigenvalue weighted by atomic mass is 9.77. The number of carbonyl (C=O) groups excluding carboxylic acids is 2. The number of aliphatic imine (C=N–C) groups is 2. The predicted molar refractivity (Wildman–Crippen MR) is 110 cm³/mol. The van der Waals surface area contributed by atoms with Crippen LogP contribution < -0.4 is 0 Å². The molecule has 3 atom stereocenters. The van der Waals surface area contributed by atoms with Gasteiger partial charge < -0.3 is 14.4 Å². The van der Waals surface area contributed by atoms with Gasteiger partial charge in [-0.3, -0.25) is 9.79 Å². The van der Waals surface area contributed by atoms with Crippen LogP contribution >= 0.6 is 0 Å². The summed E-state index contributed by atoms with van der Waals surface area (Å²) in [4.78, 5) is 36.1. The number of rotatable bonds is 0. The van der Waals surface area contributed by atoms with Crippen molar-refractivity contribution in [2.45, 2.75) is 62.7 Å². The lowest BCUT2D eigenvalue weighted by Gasteiger charge is -2.41. The summed E-state index contributed by atoms with van der Waals surface area (Å²) in [6.07, 6.45) is 13.0. The second-order valence-corrected chi connectivity index (χ2v) is 9.29. The van der Waals surface area contributed by atoms with Crippen molar-refractivity contribution in [1.29, 1.82) is 0 Å². The Balaban J connectivity index is 1.15. The van der Waals surface area contributed by atoms with Crippen LogP contribution in [0.1, 0.15) is 45.4 Å². The van der Waals surface area contributed by atoms with Crippen LogP contribution in [-0.4, -0.2) is 58.8 Å². The predicted octanol–water partition coefficient (Wildman–Crippen LogP) is 2.49. The third-order valence-electron chi connectivity index (χ3n) is 7.50. The second-order valence-electron chi connectivity index (χ2n) is 9.29. The fraction of sp³-hybridized carbons (Fsp3) is 0.565. The minimum Gasteiger partial charge on any atom is -0.457 e. The number of amidine groups is 1. The number of ether oxygens (including phenoxy) is 2. The van der Waals surface area contributed by atoms with Gasteiger partial charge in [0, 0.05) is 44.5 Å². The topological polar surface area (TPSA) is 80.6 Å². The van der Waals surface area contributed by atoms with Crippen LogP contribution in [0.3, 0.4) is 0 Å². The standard InChI is InChI=1S/C23H25N3O4/c1-14-6-7-17-18(24-14)19(27)29-22(17)8-10-26(11-9-22)21-25-20(28)23(30-21)12-15-4-2-3-5-16(15)13-23/h2,4,6-7,17-18H,3,5,8-13H2,1H3. The number of dihydropyridines is 1. The summed E-state index contributed by atoms with van der Waals surface area (Å²) >= 11 is 0. The van der Waals surface area contributed by atoms with E-state index in [0.717, 1.165) is 18.6 Å². The number of piperidine rings is 1. The van der Waals surface area contributed by atoms with Gasteiger partial charge in [0.05, 0.1) is 5.92 Å². The van der Waals surface area contributed by atoms with E-state index in [2.05, 4.69) is 28.2 Å². The van der Waals surface area contributed by atoms with Crippen LogP contribution in [0.2, 0.25) is 0 Å². The number of hydrogen-bond donors (Lipinski definition) is 0. The van der Waals surface area contributed by atoms with Crippen LogP contribution in [-0.2, 0) is 19.1 Å².